The van der Waals surface area contributed by atoms with Gasteiger partial charge in [-0.3, -0.25) is 0 Å². The maximum atomic E-state index is 13.4. The van der Waals surface area contributed by atoms with Crippen LogP contribution in [0.3, 0.4) is 0 Å². The van der Waals surface area contributed by atoms with Crippen LogP contribution in [0.1, 0.15) is 16.7 Å². The number of hydrogen-bond donors (Lipinski definition) is 1. The molecule has 0 aliphatic heterocycles. The Morgan fingerprint density at radius 2 is 1.88 bits per heavy atom. The van der Waals surface area contributed by atoms with Gasteiger partial charge < -0.3 is 5.73 Å². The predicted octanol–water partition coefficient (Wildman–Crippen LogP) is 3.31. The number of rotatable bonds is 2. The van der Waals surface area contributed by atoms with E-state index in [2.05, 4.69) is 0 Å². The highest BCUT2D eigenvalue weighted by atomic mass is 19.1. The maximum Gasteiger partial charge on any atom is 0.126 e. The van der Waals surface area contributed by atoms with Gasteiger partial charge in [-0.1, -0.05) is 30.3 Å². The minimum atomic E-state index is -0.156. The number of benzene rings is 2. The van der Waals surface area contributed by atoms with E-state index in [-0.39, 0.29) is 5.82 Å². The Bertz CT molecular complexity index is 506. The second-order valence-electron chi connectivity index (χ2n) is 3.96. The molecule has 2 rings (SSSR count). The van der Waals surface area contributed by atoms with Crippen molar-refractivity contribution in [2.45, 2.75) is 13.3 Å². The van der Waals surface area contributed by atoms with Gasteiger partial charge in [-0.2, -0.15) is 0 Å². The molecule has 0 unspecified atom stereocenters. The molecule has 2 heteroatoms. The van der Waals surface area contributed by atoms with E-state index in [0.29, 0.717) is 12.0 Å². The molecule has 0 aromatic heterocycles. The largest absolute Gasteiger partial charge is 0.399 e. The lowest BCUT2D eigenvalue weighted by Gasteiger charge is -2.06. The first kappa shape index (κ1) is 10.7. The summed E-state index contributed by atoms with van der Waals surface area (Å²) in [5, 5.41) is 0. The lowest BCUT2D eigenvalue weighted by atomic mass is 10.0. The SMILES string of the molecule is Cc1cc(Cc2ccccc2F)ccc1N. The first-order chi connectivity index (χ1) is 7.66. The van der Waals surface area contributed by atoms with Crippen molar-refractivity contribution >= 4 is 5.69 Å². The zero-order valence-electron chi connectivity index (χ0n) is 9.20. The minimum absolute atomic E-state index is 0.156. The van der Waals surface area contributed by atoms with E-state index in [0.717, 1.165) is 16.8 Å². The zero-order valence-corrected chi connectivity index (χ0v) is 9.20. The van der Waals surface area contributed by atoms with Crippen LogP contribution in [0.15, 0.2) is 42.5 Å². The standard InChI is InChI=1S/C14H14FN/c1-10-8-11(6-7-14(10)16)9-12-4-2-3-5-13(12)15/h2-8H,9,16H2,1H3. The lowest BCUT2D eigenvalue weighted by molar-refractivity contribution is 0.614. The Labute approximate surface area is 94.7 Å². The van der Waals surface area contributed by atoms with Gasteiger partial charge in [-0.05, 0) is 35.7 Å². The summed E-state index contributed by atoms with van der Waals surface area (Å²) in [6, 6.07) is 12.7. The summed E-state index contributed by atoms with van der Waals surface area (Å²) in [7, 11) is 0. The highest BCUT2D eigenvalue weighted by molar-refractivity contribution is 5.48. The summed E-state index contributed by atoms with van der Waals surface area (Å²) in [6.07, 6.45) is 0.605. The van der Waals surface area contributed by atoms with Crippen LogP contribution in [-0.2, 0) is 6.42 Å². The molecule has 16 heavy (non-hydrogen) atoms. The van der Waals surface area contributed by atoms with Crippen molar-refractivity contribution in [2.24, 2.45) is 0 Å². The molecule has 82 valence electrons. The number of aryl methyl sites for hydroxylation is 1. The van der Waals surface area contributed by atoms with Crippen LogP contribution >= 0.6 is 0 Å². The molecule has 0 atom stereocenters. The first-order valence-corrected chi connectivity index (χ1v) is 5.25. The molecule has 0 saturated carbocycles. The van der Waals surface area contributed by atoms with Crippen molar-refractivity contribution in [2.75, 3.05) is 5.73 Å². The van der Waals surface area contributed by atoms with E-state index in [4.69, 9.17) is 5.73 Å². The molecule has 0 spiro atoms. The van der Waals surface area contributed by atoms with Crippen LogP contribution < -0.4 is 5.73 Å². The minimum Gasteiger partial charge on any atom is -0.399 e. The molecule has 0 heterocycles. The smallest absolute Gasteiger partial charge is 0.126 e. The van der Waals surface area contributed by atoms with Crippen molar-refractivity contribution in [1.29, 1.82) is 0 Å². The van der Waals surface area contributed by atoms with E-state index in [9.17, 15) is 4.39 Å². The van der Waals surface area contributed by atoms with Crippen LogP contribution in [0.5, 0.6) is 0 Å². The molecule has 0 aliphatic carbocycles. The Balaban J connectivity index is 2.28. The highest BCUT2D eigenvalue weighted by Gasteiger charge is 2.03. The summed E-state index contributed by atoms with van der Waals surface area (Å²) in [5.41, 5.74) is 9.34. The fourth-order valence-corrected chi connectivity index (χ4v) is 1.71. The third-order valence-electron chi connectivity index (χ3n) is 2.69. The topological polar surface area (TPSA) is 26.0 Å². The summed E-state index contributed by atoms with van der Waals surface area (Å²) in [6.45, 7) is 1.96. The molecule has 2 aromatic rings. The number of anilines is 1. The van der Waals surface area contributed by atoms with Gasteiger partial charge in [0.2, 0.25) is 0 Å². The Hall–Kier alpha value is -1.83. The van der Waals surface area contributed by atoms with Crippen molar-refractivity contribution < 1.29 is 4.39 Å². The molecule has 0 fully saturated rings. The van der Waals surface area contributed by atoms with E-state index in [1.165, 1.54) is 6.07 Å². The van der Waals surface area contributed by atoms with Crippen molar-refractivity contribution in [1.82, 2.24) is 0 Å². The van der Waals surface area contributed by atoms with Gasteiger partial charge in [-0.25, -0.2) is 4.39 Å². The van der Waals surface area contributed by atoms with Gasteiger partial charge in [0.15, 0.2) is 0 Å². The average molecular weight is 215 g/mol. The van der Waals surface area contributed by atoms with Crippen molar-refractivity contribution in [3.63, 3.8) is 0 Å². The van der Waals surface area contributed by atoms with E-state index < -0.39 is 0 Å². The number of nitrogens with two attached hydrogens (primary N) is 1. The van der Waals surface area contributed by atoms with Crippen LogP contribution in [-0.4, -0.2) is 0 Å². The van der Waals surface area contributed by atoms with Crippen molar-refractivity contribution in [3.05, 3.63) is 65.0 Å². The maximum absolute atomic E-state index is 13.4. The quantitative estimate of drug-likeness (QED) is 0.764. The van der Waals surface area contributed by atoms with Crippen LogP contribution in [0.2, 0.25) is 0 Å². The average Bonchev–Trinajstić information content (AvgIpc) is 2.27. The number of nitrogen functional groups attached to an aromatic ring is 1. The summed E-state index contributed by atoms with van der Waals surface area (Å²) < 4.78 is 13.4. The summed E-state index contributed by atoms with van der Waals surface area (Å²) in [5.74, 6) is -0.156. The highest BCUT2D eigenvalue weighted by Crippen LogP contribution is 2.17. The fourth-order valence-electron chi connectivity index (χ4n) is 1.71. The molecule has 1 nitrogen and oxygen atoms in total. The Kier molecular flexibility index (Phi) is 2.91. The molecular weight excluding hydrogens is 201 g/mol. The van der Waals surface area contributed by atoms with E-state index in [1.807, 2.05) is 31.2 Å². The monoisotopic (exact) mass is 215 g/mol. The van der Waals surface area contributed by atoms with Gasteiger partial charge in [-0.15, -0.1) is 0 Å². The number of halogens is 1. The Morgan fingerprint density at radius 3 is 2.56 bits per heavy atom. The third kappa shape index (κ3) is 2.22. The lowest BCUT2D eigenvalue weighted by Crippen LogP contribution is -1.95. The van der Waals surface area contributed by atoms with Crippen LogP contribution in [0.4, 0.5) is 10.1 Å². The summed E-state index contributed by atoms with van der Waals surface area (Å²) in [4.78, 5) is 0. The van der Waals surface area contributed by atoms with Crippen LogP contribution in [0, 0.1) is 12.7 Å². The fraction of sp³-hybridized carbons (Fsp3) is 0.143. The Morgan fingerprint density at radius 1 is 1.12 bits per heavy atom. The summed E-state index contributed by atoms with van der Waals surface area (Å²) >= 11 is 0. The predicted molar refractivity (Wildman–Crippen MR) is 64.8 cm³/mol. The van der Waals surface area contributed by atoms with Gasteiger partial charge in [0.25, 0.3) is 0 Å². The second-order valence-corrected chi connectivity index (χ2v) is 3.96. The molecule has 0 bridgehead atoms. The molecule has 0 saturated heterocycles. The molecule has 0 aliphatic rings. The molecule has 0 amide bonds. The number of hydrogen-bond acceptors (Lipinski definition) is 1. The molecular formula is C14H14FN. The molecule has 2 aromatic carbocycles. The van der Waals surface area contributed by atoms with Gasteiger partial charge in [0.1, 0.15) is 5.82 Å². The van der Waals surface area contributed by atoms with Gasteiger partial charge >= 0.3 is 0 Å². The van der Waals surface area contributed by atoms with Crippen LogP contribution in [0.25, 0.3) is 0 Å². The normalized spacial score (nSPS) is 10.4. The zero-order chi connectivity index (χ0) is 11.5. The molecule has 2 N–H and O–H groups in total. The van der Waals surface area contributed by atoms with Gasteiger partial charge in [0.05, 0.1) is 0 Å². The van der Waals surface area contributed by atoms with Gasteiger partial charge in [0, 0.05) is 12.1 Å². The first-order valence-electron chi connectivity index (χ1n) is 5.25. The van der Waals surface area contributed by atoms with E-state index >= 15 is 0 Å². The third-order valence-corrected chi connectivity index (χ3v) is 2.69. The molecule has 0 radical (unpaired) electrons. The second kappa shape index (κ2) is 4.35. The van der Waals surface area contributed by atoms with Crippen molar-refractivity contribution in [3.8, 4) is 0 Å². The van der Waals surface area contributed by atoms with E-state index in [1.54, 1.807) is 12.1 Å².